The summed E-state index contributed by atoms with van der Waals surface area (Å²) in [6, 6.07) is 7.17. The fraction of sp³-hybridized carbons (Fsp3) is 0.588. The number of β-amino-alcohol motifs (C(OH)–C–C–N with tert-alkyl or cyclic N) is 1. The van der Waals surface area contributed by atoms with Crippen molar-refractivity contribution in [1.29, 1.82) is 0 Å². The van der Waals surface area contributed by atoms with Crippen LogP contribution in [0.3, 0.4) is 0 Å². The topological polar surface area (TPSA) is 43.8 Å². The van der Waals surface area contributed by atoms with Crippen LogP contribution in [0.15, 0.2) is 24.3 Å². The van der Waals surface area contributed by atoms with E-state index in [9.17, 15) is 23.1 Å². The van der Waals surface area contributed by atoms with Crippen molar-refractivity contribution in [2.45, 2.75) is 38.1 Å². The average molecular weight is 342 g/mol. The van der Waals surface area contributed by atoms with Crippen molar-refractivity contribution in [1.82, 2.24) is 4.90 Å². The number of aliphatic hydroxyl groups is 1. The Morgan fingerprint density at radius 2 is 1.92 bits per heavy atom. The summed E-state index contributed by atoms with van der Waals surface area (Å²) in [5, 5.41) is 9.41. The van der Waals surface area contributed by atoms with Gasteiger partial charge >= 0.3 is 6.18 Å². The Bertz CT molecular complexity index is 602. The van der Waals surface area contributed by atoms with E-state index >= 15 is 0 Å². The van der Waals surface area contributed by atoms with E-state index in [4.69, 9.17) is 0 Å². The molecule has 1 fully saturated rings. The smallest absolute Gasteiger partial charge is 0.382 e. The molecule has 1 aliphatic heterocycles. The summed E-state index contributed by atoms with van der Waals surface area (Å²) < 4.78 is 38.1. The van der Waals surface area contributed by atoms with Crippen molar-refractivity contribution in [2.75, 3.05) is 24.5 Å². The molecule has 3 rings (SSSR count). The van der Waals surface area contributed by atoms with Crippen LogP contribution in [-0.4, -0.2) is 47.8 Å². The van der Waals surface area contributed by atoms with E-state index in [1.54, 1.807) is 12.1 Å². The minimum Gasteiger partial charge on any atom is -0.382 e. The molecule has 1 aromatic carbocycles. The number of carbonyl (C=O) groups is 1. The first-order valence-electron chi connectivity index (χ1n) is 8.20. The number of amides is 1. The summed E-state index contributed by atoms with van der Waals surface area (Å²) in [7, 11) is 0. The molecular weight excluding hydrogens is 321 g/mol. The summed E-state index contributed by atoms with van der Waals surface area (Å²) in [5.74, 6) is 0.520. The van der Waals surface area contributed by atoms with Gasteiger partial charge in [-0.15, -0.1) is 0 Å². The quantitative estimate of drug-likeness (QED) is 0.915. The van der Waals surface area contributed by atoms with Gasteiger partial charge in [0.05, 0.1) is 6.54 Å². The highest BCUT2D eigenvalue weighted by Gasteiger charge is 2.40. The molecule has 4 nitrogen and oxygen atoms in total. The highest BCUT2D eigenvalue weighted by atomic mass is 19.4. The lowest BCUT2D eigenvalue weighted by atomic mass is 10.1. The zero-order valence-electron chi connectivity index (χ0n) is 13.3. The van der Waals surface area contributed by atoms with E-state index in [-0.39, 0.29) is 18.9 Å². The van der Waals surface area contributed by atoms with E-state index in [2.05, 4.69) is 0 Å². The number of rotatable bonds is 4. The molecule has 2 aliphatic rings. The van der Waals surface area contributed by atoms with Gasteiger partial charge in [-0.25, -0.2) is 0 Å². The highest BCUT2D eigenvalue weighted by molar-refractivity contribution is 5.78. The standard InChI is InChI=1S/C17H21F3N2O2/c18-17(19,20)15(23)11-21-8-7-16(24)22(9-12-5-6-12)10-13-3-1-2-4-14(13)21/h1-4,12,15,23H,5-11H2. The highest BCUT2D eigenvalue weighted by Crippen LogP contribution is 2.33. The third-order valence-electron chi connectivity index (χ3n) is 4.59. The molecule has 0 saturated heterocycles. The largest absolute Gasteiger partial charge is 0.416 e. The molecule has 1 unspecified atom stereocenters. The predicted molar refractivity (Wildman–Crippen MR) is 83.5 cm³/mol. The molecular formula is C17H21F3N2O2. The molecule has 1 amide bonds. The van der Waals surface area contributed by atoms with Crippen LogP contribution < -0.4 is 4.90 Å². The van der Waals surface area contributed by atoms with Gasteiger partial charge < -0.3 is 14.9 Å². The minimum absolute atomic E-state index is 0.0390. The summed E-state index contributed by atoms with van der Waals surface area (Å²) in [6.07, 6.45) is -4.67. The third-order valence-corrected chi connectivity index (χ3v) is 4.59. The van der Waals surface area contributed by atoms with Gasteiger partial charge in [0, 0.05) is 31.7 Å². The van der Waals surface area contributed by atoms with Crippen LogP contribution in [0.25, 0.3) is 0 Å². The number of hydrogen-bond acceptors (Lipinski definition) is 3. The number of fused-ring (bicyclic) bond motifs is 1. The first-order valence-corrected chi connectivity index (χ1v) is 8.20. The van der Waals surface area contributed by atoms with Gasteiger partial charge in [0.1, 0.15) is 0 Å². The van der Waals surface area contributed by atoms with Crippen LogP contribution in [0.1, 0.15) is 24.8 Å². The van der Waals surface area contributed by atoms with Gasteiger partial charge in [-0.05, 0) is 30.4 Å². The van der Waals surface area contributed by atoms with Crippen molar-refractivity contribution >= 4 is 11.6 Å². The van der Waals surface area contributed by atoms with Crippen LogP contribution in [0.4, 0.5) is 18.9 Å². The van der Waals surface area contributed by atoms with E-state index in [0.29, 0.717) is 18.2 Å². The SMILES string of the molecule is O=C1CCN(CC(O)C(F)(F)F)c2ccccc2CN1CC1CC1. The number of halogens is 3. The van der Waals surface area contributed by atoms with E-state index in [0.717, 1.165) is 24.9 Å². The normalized spacial score (nSPS) is 20.4. The molecule has 1 heterocycles. The molecule has 1 atom stereocenters. The zero-order chi connectivity index (χ0) is 17.3. The van der Waals surface area contributed by atoms with Crippen molar-refractivity contribution in [3.05, 3.63) is 29.8 Å². The Morgan fingerprint density at radius 1 is 1.21 bits per heavy atom. The van der Waals surface area contributed by atoms with Crippen molar-refractivity contribution in [3.63, 3.8) is 0 Å². The Labute approximate surface area is 138 Å². The molecule has 132 valence electrons. The van der Waals surface area contributed by atoms with E-state index in [1.165, 1.54) is 4.90 Å². The number of hydrogen-bond donors (Lipinski definition) is 1. The first kappa shape index (κ1) is 17.1. The van der Waals surface area contributed by atoms with Gasteiger partial charge in [0.15, 0.2) is 6.10 Å². The van der Waals surface area contributed by atoms with Crippen molar-refractivity contribution in [3.8, 4) is 0 Å². The monoisotopic (exact) mass is 342 g/mol. The lowest BCUT2D eigenvalue weighted by molar-refractivity contribution is -0.200. The number of alkyl halides is 3. The van der Waals surface area contributed by atoms with Crippen LogP contribution >= 0.6 is 0 Å². The second kappa shape index (κ2) is 6.63. The third kappa shape index (κ3) is 4.01. The van der Waals surface area contributed by atoms with Gasteiger partial charge in [-0.2, -0.15) is 13.2 Å². The maximum absolute atomic E-state index is 12.7. The molecule has 24 heavy (non-hydrogen) atoms. The number of benzene rings is 1. The van der Waals surface area contributed by atoms with Crippen molar-refractivity contribution < 1.29 is 23.1 Å². The molecule has 1 aromatic rings. The van der Waals surface area contributed by atoms with E-state index in [1.807, 2.05) is 17.0 Å². The second-order valence-electron chi connectivity index (χ2n) is 6.60. The summed E-state index contributed by atoms with van der Waals surface area (Å²) in [5.41, 5.74) is 1.48. The second-order valence-corrected chi connectivity index (χ2v) is 6.60. The number of para-hydroxylation sites is 1. The summed E-state index contributed by atoms with van der Waals surface area (Å²) in [4.78, 5) is 15.7. The Balaban J connectivity index is 1.82. The molecule has 0 radical (unpaired) electrons. The van der Waals surface area contributed by atoms with Gasteiger partial charge in [-0.3, -0.25) is 4.79 Å². The van der Waals surface area contributed by atoms with Crippen LogP contribution in [0.2, 0.25) is 0 Å². The Kier molecular flexibility index (Phi) is 4.71. The maximum atomic E-state index is 12.7. The lowest BCUT2D eigenvalue weighted by Gasteiger charge is -2.34. The number of aliphatic hydroxyl groups excluding tert-OH is 1. The fourth-order valence-corrected chi connectivity index (χ4v) is 3.04. The average Bonchev–Trinajstić information content (AvgIpc) is 3.33. The molecule has 1 N–H and O–H groups in total. The molecule has 7 heteroatoms. The molecule has 0 aromatic heterocycles. The molecule has 0 spiro atoms. The molecule has 1 saturated carbocycles. The summed E-state index contributed by atoms with van der Waals surface area (Å²) in [6.45, 7) is 0.739. The Hall–Kier alpha value is -1.76. The van der Waals surface area contributed by atoms with Crippen LogP contribution in [-0.2, 0) is 11.3 Å². The Morgan fingerprint density at radius 3 is 2.58 bits per heavy atom. The van der Waals surface area contributed by atoms with Crippen molar-refractivity contribution in [2.24, 2.45) is 5.92 Å². The minimum atomic E-state index is -4.67. The van der Waals surface area contributed by atoms with Crippen LogP contribution in [0.5, 0.6) is 0 Å². The van der Waals surface area contributed by atoms with Crippen LogP contribution in [0, 0.1) is 5.92 Å². The van der Waals surface area contributed by atoms with Gasteiger partial charge in [0.2, 0.25) is 5.91 Å². The fourth-order valence-electron chi connectivity index (χ4n) is 3.04. The van der Waals surface area contributed by atoms with Gasteiger partial charge in [-0.1, -0.05) is 18.2 Å². The molecule has 1 aliphatic carbocycles. The first-order chi connectivity index (χ1) is 11.3. The number of carbonyl (C=O) groups excluding carboxylic acids is 1. The lowest BCUT2D eigenvalue weighted by Crippen LogP contribution is -2.45. The predicted octanol–water partition coefficient (Wildman–Crippen LogP) is 2.56. The summed E-state index contributed by atoms with van der Waals surface area (Å²) >= 11 is 0. The zero-order valence-corrected chi connectivity index (χ0v) is 13.3. The maximum Gasteiger partial charge on any atom is 0.416 e. The molecule has 0 bridgehead atoms. The number of nitrogens with zero attached hydrogens (tertiary/aromatic N) is 2. The van der Waals surface area contributed by atoms with E-state index < -0.39 is 18.8 Å². The number of anilines is 1. The van der Waals surface area contributed by atoms with Gasteiger partial charge in [0.25, 0.3) is 0 Å².